The molecule has 0 radical (unpaired) electrons. The SMILES string of the molecule is Cc1nc(NCC2CCCO2)cc(C(=O)NCCC(C)C)n1. The number of rotatable bonds is 7. The van der Waals surface area contributed by atoms with Crippen molar-refractivity contribution in [1.82, 2.24) is 15.3 Å². The zero-order valence-electron chi connectivity index (χ0n) is 13.7. The normalized spacial score (nSPS) is 17.7. The molecule has 1 aliphatic heterocycles. The van der Waals surface area contributed by atoms with Crippen molar-refractivity contribution in [3.05, 3.63) is 17.6 Å². The first-order valence-electron chi connectivity index (χ1n) is 8.04. The number of carbonyl (C=O) groups is 1. The monoisotopic (exact) mass is 306 g/mol. The van der Waals surface area contributed by atoms with Crippen LogP contribution < -0.4 is 10.6 Å². The third kappa shape index (κ3) is 5.26. The van der Waals surface area contributed by atoms with Gasteiger partial charge in [0.2, 0.25) is 0 Å². The van der Waals surface area contributed by atoms with E-state index in [9.17, 15) is 4.79 Å². The molecule has 6 heteroatoms. The van der Waals surface area contributed by atoms with Crippen LogP contribution in [0.4, 0.5) is 5.82 Å². The van der Waals surface area contributed by atoms with Crippen LogP contribution >= 0.6 is 0 Å². The highest BCUT2D eigenvalue weighted by Gasteiger charge is 2.16. The number of aryl methyl sites for hydroxylation is 1. The molecule has 0 spiro atoms. The largest absolute Gasteiger partial charge is 0.376 e. The Labute approximate surface area is 132 Å². The number of nitrogens with one attached hydrogen (secondary N) is 2. The maximum atomic E-state index is 12.1. The number of hydrogen-bond acceptors (Lipinski definition) is 5. The van der Waals surface area contributed by atoms with Crippen LogP contribution in [0, 0.1) is 12.8 Å². The van der Waals surface area contributed by atoms with Gasteiger partial charge < -0.3 is 15.4 Å². The Morgan fingerprint density at radius 2 is 2.27 bits per heavy atom. The summed E-state index contributed by atoms with van der Waals surface area (Å²) in [5.41, 5.74) is 0.408. The molecule has 1 fully saturated rings. The highest BCUT2D eigenvalue weighted by Crippen LogP contribution is 2.13. The number of carbonyl (C=O) groups excluding carboxylic acids is 1. The molecule has 1 amide bonds. The minimum Gasteiger partial charge on any atom is -0.376 e. The Hall–Kier alpha value is -1.69. The summed E-state index contributed by atoms with van der Waals surface area (Å²) < 4.78 is 5.57. The van der Waals surface area contributed by atoms with Crippen molar-refractivity contribution in [2.24, 2.45) is 5.92 Å². The summed E-state index contributed by atoms with van der Waals surface area (Å²) in [6, 6.07) is 1.70. The molecular formula is C16H26N4O2. The van der Waals surface area contributed by atoms with Crippen LogP contribution in [0.15, 0.2) is 6.07 Å². The van der Waals surface area contributed by atoms with Crippen LogP contribution in [0.5, 0.6) is 0 Å². The molecule has 1 saturated heterocycles. The molecule has 2 heterocycles. The van der Waals surface area contributed by atoms with Gasteiger partial charge in [0.25, 0.3) is 5.91 Å². The van der Waals surface area contributed by atoms with E-state index < -0.39 is 0 Å². The quantitative estimate of drug-likeness (QED) is 0.807. The van der Waals surface area contributed by atoms with E-state index in [4.69, 9.17) is 4.74 Å². The number of hydrogen-bond donors (Lipinski definition) is 2. The summed E-state index contributed by atoms with van der Waals surface area (Å²) in [5.74, 6) is 1.69. The lowest BCUT2D eigenvalue weighted by atomic mass is 10.1. The van der Waals surface area contributed by atoms with Gasteiger partial charge in [-0.05, 0) is 32.1 Å². The third-order valence-corrected chi connectivity index (χ3v) is 3.61. The number of amides is 1. The zero-order valence-corrected chi connectivity index (χ0v) is 13.7. The minimum absolute atomic E-state index is 0.147. The highest BCUT2D eigenvalue weighted by molar-refractivity contribution is 5.92. The van der Waals surface area contributed by atoms with E-state index in [2.05, 4.69) is 34.4 Å². The van der Waals surface area contributed by atoms with Crippen molar-refractivity contribution in [2.45, 2.75) is 46.1 Å². The van der Waals surface area contributed by atoms with Gasteiger partial charge in [-0.3, -0.25) is 4.79 Å². The Bertz CT molecular complexity index is 499. The summed E-state index contributed by atoms with van der Waals surface area (Å²) in [4.78, 5) is 20.7. The predicted molar refractivity (Wildman–Crippen MR) is 86.0 cm³/mol. The van der Waals surface area contributed by atoms with Gasteiger partial charge in [0.05, 0.1) is 6.10 Å². The first kappa shape index (κ1) is 16.7. The lowest BCUT2D eigenvalue weighted by molar-refractivity contribution is 0.0946. The summed E-state index contributed by atoms with van der Waals surface area (Å²) in [7, 11) is 0. The van der Waals surface area contributed by atoms with Crippen molar-refractivity contribution in [3.8, 4) is 0 Å². The number of ether oxygens (including phenoxy) is 1. The van der Waals surface area contributed by atoms with Gasteiger partial charge in [0.1, 0.15) is 17.3 Å². The van der Waals surface area contributed by atoms with Crippen LogP contribution in [-0.2, 0) is 4.74 Å². The smallest absolute Gasteiger partial charge is 0.270 e. The average molecular weight is 306 g/mol. The first-order chi connectivity index (χ1) is 10.5. The van der Waals surface area contributed by atoms with Gasteiger partial charge in [0.15, 0.2) is 0 Å². The Morgan fingerprint density at radius 1 is 1.45 bits per heavy atom. The Balaban J connectivity index is 1.91. The van der Waals surface area contributed by atoms with Crippen LogP contribution in [0.25, 0.3) is 0 Å². The molecule has 0 aliphatic carbocycles. The lowest BCUT2D eigenvalue weighted by Gasteiger charge is -2.12. The Kier molecular flexibility index (Phi) is 6.12. The van der Waals surface area contributed by atoms with Crippen molar-refractivity contribution >= 4 is 11.7 Å². The van der Waals surface area contributed by atoms with Crippen LogP contribution in [0.2, 0.25) is 0 Å². The lowest BCUT2D eigenvalue weighted by Crippen LogP contribution is -2.27. The fourth-order valence-corrected chi connectivity index (χ4v) is 2.36. The standard InChI is InChI=1S/C16H26N4O2/c1-11(2)6-7-17-16(21)14-9-15(20-12(3)19-14)18-10-13-5-4-8-22-13/h9,11,13H,4-8,10H2,1-3H3,(H,17,21)(H,18,19,20). The second-order valence-electron chi connectivity index (χ2n) is 6.14. The summed E-state index contributed by atoms with van der Waals surface area (Å²) in [6.07, 6.45) is 3.37. The Morgan fingerprint density at radius 3 is 2.95 bits per heavy atom. The van der Waals surface area contributed by atoms with Crippen molar-refractivity contribution < 1.29 is 9.53 Å². The highest BCUT2D eigenvalue weighted by atomic mass is 16.5. The molecule has 0 bridgehead atoms. The predicted octanol–water partition coefficient (Wildman–Crippen LogP) is 2.15. The van der Waals surface area contributed by atoms with Gasteiger partial charge in [-0.2, -0.15) is 0 Å². The molecule has 1 unspecified atom stereocenters. The van der Waals surface area contributed by atoms with Crippen LogP contribution in [0.3, 0.4) is 0 Å². The van der Waals surface area contributed by atoms with Crippen molar-refractivity contribution in [3.63, 3.8) is 0 Å². The van der Waals surface area contributed by atoms with E-state index in [-0.39, 0.29) is 12.0 Å². The van der Waals surface area contributed by atoms with E-state index in [1.54, 1.807) is 13.0 Å². The molecule has 1 aliphatic rings. The van der Waals surface area contributed by atoms with Crippen molar-refractivity contribution in [1.29, 1.82) is 0 Å². The minimum atomic E-state index is -0.147. The number of anilines is 1. The number of nitrogens with zero attached hydrogens (tertiary/aromatic N) is 2. The molecule has 0 saturated carbocycles. The van der Waals surface area contributed by atoms with E-state index in [0.717, 1.165) is 25.9 Å². The van der Waals surface area contributed by atoms with Gasteiger partial charge in [0, 0.05) is 25.8 Å². The maximum Gasteiger partial charge on any atom is 0.270 e. The van der Waals surface area contributed by atoms with Crippen molar-refractivity contribution in [2.75, 3.05) is 25.0 Å². The molecule has 6 nitrogen and oxygen atoms in total. The second kappa shape index (κ2) is 8.08. The molecule has 2 N–H and O–H groups in total. The summed E-state index contributed by atoms with van der Waals surface area (Å²) >= 11 is 0. The van der Waals surface area contributed by atoms with E-state index >= 15 is 0 Å². The number of aromatic nitrogens is 2. The molecule has 122 valence electrons. The fourth-order valence-electron chi connectivity index (χ4n) is 2.36. The van der Waals surface area contributed by atoms with E-state index in [1.807, 2.05) is 0 Å². The van der Waals surface area contributed by atoms with Gasteiger partial charge in [-0.15, -0.1) is 0 Å². The maximum absolute atomic E-state index is 12.1. The van der Waals surface area contributed by atoms with Crippen LogP contribution in [-0.4, -0.2) is 41.7 Å². The summed E-state index contributed by atoms with van der Waals surface area (Å²) in [6.45, 7) is 8.27. The van der Waals surface area contributed by atoms with Gasteiger partial charge in [-0.25, -0.2) is 9.97 Å². The zero-order chi connectivity index (χ0) is 15.9. The van der Waals surface area contributed by atoms with Gasteiger partial charge in [-0.1, -0.05) is 13.8 Å². The fraction of sp³-hybridized carbons (Fsp3) is 0.688. The molecule has 1 aromatic heterocycles. The molecule has 0 aromatic carbocycles. The topological polar surface area (TPSA) is 76.1 Å². The second-order valence-corrected chi connectivity index (χ2v) is 6.14. The average Bonchev–Trinajstić information content (AvgIpc) is 2.97. The van der Waals surface area contributed by atoms with E-state index in [0.29, 0.717) is 36.3 Å². The van der Waals surface area contributed by atoms with E-state index in [1.165, 1.54) is 0 Å². The molecule has 1 aromatic rings. The van der Waals surface area contributed by atoms with Crippen LogP contribution in [0.1, 0.15) is 49.4 Å². The molecule has 22 heavy (non-hydrogen) atoms. The first-order valence-corrected chi connectivity index (χ1v) is 8.04. The molecular weight excluding hydrogens is 280 g/mol. The molecule has 1 atom stereocenters. The summed E-state index contributed by atoms with van der Waals surface area (Å²) in [5, 5.41) is 6.14. The van der Waals surface area contributed by atoms with Gasteiger partial charge >= 0.3 is 0 Å². The third-order valence-electron chi connectivity index (χ3n) is 3.61. The molecule has 2 rings (SSSR count).